The monoisotopic (exact) mass is 408 g/mol. The fraction of sp³-hybridized carbons (Fsp3) is 0.0455. The number of imide groups is 1. The molecule has 1 aliphatic heterocycles. The lowest BCUT2D eigenvalue weighted by Gasteiger charge is -2.14. The molecule has 0 spiro atoms. The zero-order valence-corrected chi connectivity index (χ0v) is 15.7. The summed E-state index contributed by atoms with van der Waals surface area (Å²) in [5, 5.41) is 2.55. The van der Waals surface area contributed by atoms with E-state index in [1.165, 1.54) is 23.1 Å². The van der Waals surface area contributed by atoms with E-state index in [-0.39, 0.29) is 29.3 Å². The Morgan fingerprint density at radius 1 is 0.931 bits per heavy atom. The molecular weight excluding hydrogens is 395 g/mol. The number of carbonyl (C=O) groups excluding carboxylic acids is 3. The number of halogens is 2. The van der Waals surface area contributed by atoms with Crippen molar-refractivity contribution in [3.8, 4) is 0 Å². The van der Waals surface area contributed by atoms with Gasteiger partial charge in [-0.3, -0.25) is 19.3 Å². The Bertz CT molecular complexity index is 1110. The molecule has 0 unspecified atom stereocenters. The molecule has 1 heterocycles. The van der Waals surface area contributed by atoms with Gasteiger partial charge in [-0.2, -0.15) is 0 Å². The van der Waals surface area contributed by atoms with E-state index >= 15 is 0 Å². The smallest absolute Gasteiger partial charge is 0.261 e. The van der Waals surface area contributed by atoms with Crippen molar-refractivity contribution in [2.75, 3.05) is 5.32 Å². The van der Waals surface area contributed by atoms with E-state index in [2.05, 4.69) is 5.32 Å². The van der Waals surface area contributed by atoms with Crippen molar-refractivity contribution >= 4 is 35.0 Å². The van der Waals surface area contributed by atoms with Crippen LogP contribution in [0.5, 0.6) is 0 Å². The Kier molecular flexibility index (Phi) is 4.86. The van der Waals surface area contributed by atoms with Crippen LogP contribution in [0.3, 0.4) is 0 Å². The number of nitrogens with zero attached hydrogens (tertiary/aromatic N) is 1. The van der Waals surface area contributed by atoms with Gasteiger partial charge in [0.05, 0.1) is 22.7 Å². The highest BCUT2D eigenvalue weighted by Gasteiger charge is 2.34. The minimum atomic E-state index is -0.567. The second kappa shape index (κ2) is 7.48. The molecule has 0 saturated heterocycles. The summed E-state index contributed by atoms with van der Waals surface area (Å²) in [5.41, 5.74) is 2.24. The molecule has 3 amide bonds. The van der Waals surface area contributed by atoms with Crippen molar-refractivity contribution < 1.29 is 18.8 Å². The van der Waals surface area contributed by atoms with Gasteiger partial charge in [0.2, 0.25) is 0 Å². The van der Waals surface area contributed by atoms with Gasteiger partial charge >= 0.3 is 0 Å². The predicted molar refractivity (Wildman–Crippen MR) is 106 cm³/mol. The SMILES string of the molecule is O=C(Nc1ccc(F)c(Cl)c1)c1ccc(CN2C(=O)c3ccccc3C2=O)cc1. The first-order chi connectivity index (χ1) is 13.9. The summed E-state index contributed by atoms with van der Waals surface area (Å²) in [6.45, 7) is 0.113. The molecule has 0 bridgehead atoms. The molecule has 1 N–H and O–H groups in total. The lowest BCUT2D eigenvalue weighted by molar-refractivity contribution is 0.0642. The Hall–Kier alpha value is -3.51. The minimum absolute atomic E-state index is 0.0842. The van der Waals surface area contributed by atoms with Gasteiger partial charge in [0.1, 0.15) is 5.82 Å². The van der Waals surface area contributed by atoms with Gasteiger partial charge in [-0.25, -0.2) is 4.39 Å². The van der Waals surface area contributed by atoms with Crippen molar-refractivity contribution in [3.05, 3.63) is 99.8 Å². The highest BCUT2D eigenvalue weighted by Crippen LogP contribution is 2.24. The second-order valence-corrected chi connectivity index (χ2v) is 6.93. The molecule has 3 aromatic rings. The number of nitrogens with one attached hydrogen (secondary N) is 1. The minimum Gasteiger partial charge on any atom is -0.322 e. The summed E-state index contributed by atoms with van der Waals surface area (Å²) in [6.07, 6.45) is 0. The molecule has 0 radical (unpaired) electrons. The third kappa shape index (κ3) is 3.62. The lowest BCUT2D eigenvalue weighted by Crippen LogP contribution is -2.29. The van der Waals surface area contributed by atoms with E-state index in [1.54, 1.807) is 48.5 Å². The number of amides is 3. The van der Waals surface area contributed by atoms with E-state index in [0.29, 0.717) is 27.9 Å². The van der Waals surface area contributed by atoms with Crippen LogP contribution in [-0.2, 0) is 6.54 Å². The first-order valence-electron chi connectivity index (χ1n) is 8.74. The Labute approximate surface area is 170 Å². The van der Waals surface area contributed by atoms with E-state index in [1.807, 2.05) is 0 Å². The van der Waals surface area contributed by atoms with Gasteiger partial charge in [0, 0.05) is 11.3 Å². The topological polar surface area (TPSA) is 66.5 Å². The molecule has 29 heavy (non-hydrogen) atoms. The normalized spacial score (nSPS) is 12.8. The van der Waals surface area contributed by atoms with Crippen molar-refractivity contribution in [2.24, 2.45) is 0 Å². The third-order valence-electron chi connectivity index (χ3n) is 4.61. The average Bonchev–Trinajstić information content (AvgIpc) is 2.96. The molecule has 144 valence electrons. The molecule has 3 aromatic carbocycles. The van der Waals surface area contributed by atoms with Crippen LogP contribution in [-0.4, -0.2) is 22.6 Å². The van der Waals surface area contributed by atoms with Crippen LogP contribution in [0, 0.1) is 5.82 Å². The fourth-order valence-corrected chi connectivity index (χ4v) is 3.28. The molecule has 0 aromatic heterocycles. The molecule has 7 heteroatoms. The molecule has 5 nitrogen and oxygen atoms in total. The zero-order valence-electron chi connectivity index (χ0n) is 15.0. The summed E-state index contributed by atoms with van der Waals surface area (Å²) >= 11 is 5.72. The van der Waals surface area contributed by atoms with E-state index in [4.69, 9.17) is 11.6 Å². The highest BCUT2D eigenvalue weighted by atomic mass is 35.5. The largest absolute Gasteiger partial charge is 0.322 e. The van der Waals surface area contributed by atoms with Gasteiger partial charge < -0.3 is 5.32 Å². The molecule has 1 aliphatic rings. The molecular formula is C22H14ClFN2O3. The van der Waals surface area contributed by atoms with E-state index in [0.717, 1.165) is 0 Å². The first-order valence-corrected chi connectivity index (χ1v) is 9.12. The number of hydrogen-bond acceptors (Lipinski definition) is 3. The summed E-state index contributed by atoms with van der Waals surface area (Å²) in [4.78, 5) is 38.4. The zero-order chi connectivity index (χ0) is 20.5. The standard InChI is InChI=1S/C22H14ClFN2O3/c23-18-11-15(9-10-19(18)24)25-20(27)14-7-5-13(6-8-14)12-26-21(28)16-3-1-2-4-17(16)22(26)29/h1-11H,12H2,(H,25,27). The van der Waals surface area contributed by atoms with Gasteiger partial charge in [0.15, 0.2) is 0 Å². The molecule has 0 atom stereocenters. The van der Waals surface area contributed by atoms with E-state index in [9.17, 15) is 18.8 Å². The lowest BCUT2D eigenvalue weighted by atomic mass is 10.1. The maximum atomic E-state index is 13.2. The number of fused-ring (bicyclic) bond motifs is 1. The van der Waals surface area contributed by atoms with Gasteiger partial charge in [-0.1, -0.05) is 35.9 Å². The second-order valence-electron chi connectivity index (χ2n) is 6.52. The van der Waals surface area contributed by atoms with Crippen LogP contribution in [0.4, 0.5) is 10.1 Å². The van der Waals surface area contributed by atoms with Gasteiger partial charge in [-0.15, -0.1) is 0 Å². The maximum Gasteiger partial charge on any atom is 0.261 e. The van der Waals surface area contributed by atoms with Gasteiger partial charge in [0.25, 0.3) is 17.7 Å². The van der Waals surface area contributed by atoms with E-state index < -0.39 is 5.82 Å². The van der Waals surface area contributed by atoms with Crippen LogP contribution in [0.1, 0.15) is 36.6 Å². The number of hydrogen-bond donors (Lipinski definition) is 1. The van der Waals surface area contributed by atoms with Gasteiger partial charge in [-0.05, 0) is 48.0 Å². The third-order valence-corrected chi connectivity index (χ3v) is 4.90. The molecule has 4 rings (SSSR count). The molecule has 0 fully saturated rings. The summed E-state index contributed by atoms with van der Waals surface area (Å²) < 4.78 is 13.2. The van der Waals surface area contributed by atoms with Crippen LogP contribution in [0.25, 0.3) is 0 Å². The number of benzene rings is 3. The van der Waals surface area contributed by atoms with Crippen LogP contribution in [0.2, 0.25) is 5.02 Å². The Morgan fingerprint density at radius 2 is 1.55 bits per heavy atom. The number of carbonyl (C=O) groups is 3. The van der Waals surface area contributed by atoms with Crippen molar-refractivity contribution in [2.45, 2.75) is 6.54 Å². The van der Waals surface area contributed by atoms with Crippen molar-refractivity contribution in [1.29, 1.82) is 0 Å². The average molecular weight is 409 g/mol. The quantitative estimate of drug-likeness (QED) is 0.645. The number of rotatable bonds is 4. The first kappa shape index (κ1) is 18.8. The Morgan fingerprint density at radius 3 is 2.14 bits per heavy atom. The predicted octanol–water partition coefficient (Wildman–Crippen LogP) is 4.53. The maximum absolute atomic E-state index is 13.2. The van der Waals surface area contributed by atoms with Crippen LogP contribution >= 0.6 is 11.6 Å². The Balaban J connectivity index is 1.46. The summed E-state index contributed by atoms with van der Waals surface area (Å²) in [7, 11) is 0. The van der Waals surface area contributed by atoms with Crippen molar-refractivity contribution in [3.63, 3.8) is 0 Å². The van der Waals surface area contributed by atoms with Crippen LogP contribution < -0.4 is 5.32 Å². The summed E-state index contributed by atoms with van der Waals surface area (Å²) in [5.74, 6) is -1.62. The summed E-state index contributed by atoms with van der Waals surface area (Å²) in [6, 6.07) is 17.1. The van der Waals surface area contributed by atoms with Crippen LogP contribution in [0.15, 0.2) is 66.7 Å². The fourth-order valence-electron chi connectivity index (χ4n) is 3.10. The van der Waals surface area contributed by atoms with Crippen molar-refractivity contribution in [1.82, 2.24) is 4.90 Å². The molecule has 0 aliphatic carbocycles. The highest BCUT2D eigenvalue weighted by molar-refractivity contribution is 6.31. The number of anilines is 1. The molecule has 0 saturated carbocycles.